The minimum Gasteiger partial charge on any atom is -0.313 e. The minimum absolute atomic E-state index is 0.137. The van der Waals surface area contributed by atoms with Gasteiger partial charge in [-0.3, -0.25) is 0 Å². The number of nitriles is 1. The second kappa shape index (κ2) is 6.85. The van der Waals surface area contributed by atoms with E-state index in [0.717, 1.165) is 12.5 Å². The quantitative estimate of drug-likeness (QED) is 0.721. The third kappa shape index (κ3) is 4.66. The Morgan fingerprint density at radius 3 is 2.33 bits per heavy atom. The van der Waals surface area contributed by atoms with Crippen molar-refractivity contribution < 1.29 is 0 Å². The third-order valence-corrected chi connectivity index (χ3v) is 3.57. The maximum absolute atomic E-state index is 8.71. The molecule has 0 spiro atoms. The molecule has 0 saturated heterocycles. The molecule has 0 heterocycles. The Morgan fingerprint density at radius 2 is 1.80 bits per heavy atom. The van der Waals surface area contributed by atoms with Crippen LogP contribution in [0, 0.1) is 23.2 Å². The first-order chi connectivity index (χ1) is 7.24. The summed E-state index contributed by atoms with van der Waals surface area (Å²) in [4.78, 5) is 0. The second-order valence-electron chi connectivity index (χ2n) is 4.98. The van der Waals surface area contributed by atoms with E-state index in [-0.39, 0.29) is 5.92 Å². The van der Waals surface area contributed by atoms with Crippen LogP contribution in [0.25, 0.3) is 0 Å². The molecule has 2 nitrogen and oxygen atoms in total. The molecule has 0 aromatic heterocycles. The molecule has 1 unspecified atom stereocenters. The van der Waals surface area contributed by atoms with Crippen molar-refractivity contribution in [1.82, 2.24) is 5.32 Å². The predicted octanol–water partition coefficient (Wildman–Crippen LogP) is 3.09. The lowest BCUT2D eigenvalue weighted by molar-refractivity contribution is 0.332. The zero-order valence-electron chi connectivity index (χ0n) is 10.1. The SMILES string of the molecule is CC(C#N)CN[C@@H](C)C1CCCCCC1. The monoisotopic (exact) mass is 208 g/mol. The molecule has 1 rings (SSSR count). The van der Waals surface area contributed by atoms with E-state index in [9.17, 15) is 0 Å². The molecular formula is C13H24N2. The molecule has 2 heteroatoms. The lowest BCUT2D eigenvalue weighted by Gasteiger charge is -2.24. The number of hydrogen-bond donors (Lipinski definition) is 1. The van der Waals surface area contributed by atoms with Gasteiger partial charge in [0.2, 0.25) is 0 Å². The van der Waals surface area contributed by atoms with Gasteiger partial charge in [-0.05, 0) is 32.6 Å². The van der Waals surface area contributed by atoms with Crippen molar-refractivity contribution in [1.29, 1.82) is 5.26 Å². The summed E-state index contributed by atoms with van der Waals surface area (Å²) in [5, 5.41) is 12.2. The molecule has 15 heavy (non-hydrogen) atoms. The number of rotatable bonds is 4. The van der Waals surface area contributed by atoms with E-state index in [1.54, 1.807) is 0 Å². The van der Waals surface area contributed by atoms with Gasteiger partial charge in [0.15, 0.2) is 0 Å². The highest BCUT2D eigenvalue weighted by atomic mass is 14.9. The molecule has 0 aromatic rings. The lowest BCUT2D eigenvalue weighted by atomic mass is 9.93. The molecule has 1 aliphatic carbocycles. The summed E-state index contributed by atoms with van der Waals surface area (Å²) in [6.45, 7) is 5.10. The Labute approximate surface area is 94.1 Å². The first kappa shape index (κ1) is 12.5. The van der Waals surface area contributed by atoms with Crippen molar-refractivity contribution in [3.8, 4) is 6.07 Å². The van der Waals surface area contributed by atoms with Gasteiger partial charge in [-0.25, -0.2) is 0 Å². The van der Waals surface area contributed by atoms with Gasteiger partial charge < -0.3 is 5.32 Å². The summed E-state index contributed by atoms with van der Waals surface area (Å²) in [6.07, 6.45) is 8.36. The van der Waals surface area contributed by atoms with E-state index >= 15 is 0 Å². The van der Waals surface area contributed by atoms with Crippen LogP contribution in [0.2, 0.25) is 0 Å². The van der Waals surface area contributed by atoms with Crippen molar-refractivity contribution in [2.24, 2.45) is 11.8 Å². The third-order valence-electron chi connectivity index (χ3n) is 3.57. The van der Waals surface area contributed by atoms with Gasteiger partial charge in [-0.2, -0.15) is 5.26 Å². The van der Waals surface area contributed by atoms with E-state index < -0.39 is 0 Å². The summed E-state index contributed by atoms with van der Waals surface area (Å²) in [7, 11) is 0. The van der Waals surface area contributed by atoms with Gasteiger partial charge in [0.25, 0.3) is 0 Å². The second-order valence-corrected chi connectivity index (χ2v) is 4.98. The van der Waals surface area contributed by atoms with Crippen LogP contribution in [0.15, 0.2) is 0 Å². The van der Waals surface area contributed by atoms with Crippen LogP contribution < -0.4 is 5.32 Å². The lowest BCUT2D eigenvalue weighted by Crippen LogP contribution is -2.35. The summed E-state index contributed by atoms with van der Waals surface area (Å²) in [5.41, 5.74) is 0. The highest BCUT2D eigenvalue weighted by Gasteiger charge is 2.18. The van der Waals surface area contributed by atoms with Gasteiger partial charge in [-0.15, -0.1) is 0 Å². The first-order valence-corrected chi connectivity index (χ1v) is 6.37. The Hall–Kier alpha value is -0.550. The van der Waals surface area contributed by atoms with Crippen molar-refractivity contribution in [3.05, 3.63) is 0 Å². The first-order valence-electron chi connectivity index (χ1n) is 6.37. The average molecular weight is 208 g/mol. The molecule has 0 aliphatic heterocycles. The van der Waals surface area contributed by atoms with Gasteiger partial charge in [0.05, 0.1) is 12.0 Å². The standard InChI is InChI=1S/C13H24N2/c1-11(9-14)10-15-12(2)13-7-5-3-4-6-8-13/h11-13,15H,3-8,10H2,1-2H3/t11?,12-/m0/s1. The molecule has 0 radical (unpaired) electrons. The topological polar surface area (TPSA) is 35.8 Å². The van der Waals surface area contributed by atoms with Crippen molar-refractivity contribution >= 4 is 0 Å². The average Bonchev–Trinajstić information content (AvgIpc) is 2.53. The van der Waals surface area contributed by atoms with Crippen LogP contribution in [0.1, 0.15) is 52.4 Å². The molecule has 1 saturated carbocycles. The van der Waals surface area contributed by atoms with Crippen molar-refractivity contribution in [2.45, 2.75) is 58.4 Å². The Bertz CT molecular complexity index is 199. The molecule has 0 aromatic carbocycles. The zero-order valence-corrected chi connectivity index (χ0v) is 10.1. The summed E-state index contributed by atoms with van der Waals surface area (Å²) < 4.78 is 0. The summed E-state index contributed by atoms with van der Waals surface area (Å²) in [6, 6.07) is 2.86. The molecule has 0 amide bonds. The fourth-order valence-electron chi connectivity index (χ4n) is 2.39. The van der Waals surface area contributed by atoms with Crippen molar-refractivity contribution in [2.75, 3.05) is 6.54 Å². The highest BCUT2D eigenvalue weighted by molar-refractivity contribution is 4.83. The molecule has 0 bridgehead atoms. The van der Waals surface area contributed by atoms with Crippen LogP contribution in [0.3, 0.4) is 0 Å². The predicted molar refractivity (Wildman–Crippen MR) is 63.4 cm³/mol. The maximum Gasteiger partial charge on any atom is 0.0666 e. The van der Waals surface area contributed by atoms with Gasteiger partial charge in [0, 0.05) is 12.6 Å². The van der Waals surface area contributed by atoms with Gasteiger partial charge >= 0.3 is 0 Å². The zero-order chi connectivity index (χ0) is 11.1. The fourth-order valence-corrected chi connectivity index (χ4v) is 2.39. The van der Waals surface area contributed by atoms with Crippen LogP contribution in [0.4, 0.5) is 0 Å². The number of nitrogens with one attached hydrogen (secondary N) is 1. The normalized spacial score (nSPS) is 22.7. The van der Waals surface area contributed by atoms with Crippen LogP contribution in [-0.4, -0.2) is 12.6 Å². The molecular weight excluding hydrogens is 184 g/mol. The summed E-state index contributed by atoms with van der Waals surface area (Å²) in [5.74, 6) is 0.969. The van der Waals surface area contributed by atoms with Gasteiger partial charge in [0.1, 0.15) is 0 Å². The van der Waals surface area contributed by atoms with E-state index in [4.69, 9.17) is 5.26 Å². The van der Waals surface area contributed by atoms with Crippen LogP contribution >= 0.6 is 0 Å². The largest absolute Gasteiger partial charge is 0.313 e. The Kier molecular flexibility index (Phi) is 5.71. The molecule has 2 atom stereocenters. The Balaban J connectivity index is 2.25. The molecule has 1 aliphatic rings. The number of hydrogen-bond acceptors (Lipinski definition) is 2. The van der Waals surface area contributed by atoms with E-state index in [0.29, 0.717) is 6.04 Å². The summed E-state index contributed by atoms with van der Waals surface area (Å²) >= 11 is 0. The molecule has 1 fully saturated rings. The smallest absolute Gasteiger partial charge is 0.0666 e. The van der Waals surface area contributed by atoms with Crippen molar-refractivity contribution in [3.63, 3.8) is 0 Å². The molecule has 86 valence electrons. The highest BCUT2D eigenvalue weighted by Crippen LogP contribution is 2.25. The van der Waals surface area contributed by atoms with Crippen LogP contribution in [-0.2, 0) is 0 Å². The minimum atomic E-state index is 0.137. The van der Waals surface area contributed by atoms with Crippen LogP contribution in [0.5, 0.6) is 0 Å². The Morgan fingerprint density at radius 1 is 1.20 bits per heavy atom. The van der Waals surface area contributed by atoms with E-state index in [2.05, 4.69) is 18.3 Å². The van der Waals surface area contributed by atoms with Gasteiger partial charge in [-0.1, -0.05) is 25.7 Å². The molecule has 1 N–H and O–H groups in total. The number of nitrogens with zero attached hydrogens (tertiary/aromatic N) is 1. The fraction of sp³-hybridized carbons (Fsp3) is 0.923. The maximum atomic E-state index is 8.71. The van der Waals surface area contributed by atoms with E-state index in [1.807, 2.05) is 6.92 Å². The van der Waals surface area contributed by atoms with E-state index in [1.165, 1.54) is 38.5 Å².